The fourth-order valence-electron chi connectivity index (χ4n) is 2.31. The topological polar surface area (TPSA) is 173 Å². The Morgan fingerprint density at radius 2 is 0.633 bits per heavy atom. The Morgan fingerprint density at radius 3 is 0.767 bits per heavy atom. The van der Waals surface area contributed by atoms with Gasteiger partial charge in [-0.1, -0.05) is 0 Å². The molecule has 0 rings (SSSR count). The summed E-state index contributed by atoms with van der Waals surface area (Å²) in [7, 11) is 6.89. The second-order valence-corrected chi connectivity index (χ2v) is 5.96. The third-order valence-electron chi connectivity index (χ3n) is 3.84. The van der Waals surface area contributed by atoms with Crippen molar-refractivity contribution in [1.29, 1.82) is 0 Å². The average molecular weight is 429 g/mol. The van der Waals surface area contributed by atoms with Crippen molar-refractivity contribution in [2.45, 2.75) is 27.7 Å². The van der Waals surface area contributed by atoms with Crippen LogP contribution < -0.4 is 22.9 Å². The highest BCUT2D eigenvalue weighted by molar-refractivity contribution is 5.81. The molecule has 8 N–H and O–H groups in total. The van der Waals surface area contributed by atoms with E-state index in [1.165, 1.54) is 0 Å². The predicted molar refractivity (Wildman–Crippen MR) is 123 cm³/mol. The maximum absolute atomic E-state index is 6.19. The first-order valence-corrected chi connectivity index (χ1v) is 9.83. The number of hydrogen-bond donors (Lipinski definition) is 4. The Balaban J connectivity index is 6.68. The lowest BCUT2D eigenvalue weighted by Crippen LogP contribution is -2.73. The van der Waals surface area contributed by atoms with Gasteiger partial charge in [-0.3, -0.25) is 20.0 Å². The summed E-state index contributed by atoms with van der Waals surface area (Å²) in [6, 6.07) is 0. The molecule has 14 nitrogen and oxygen atoms in total. The van der Waals surface area contributed by atoms with E-state index in [1.807, 2.05) is 27.7 Å². The van der Waals surface area contributed by atoms with E-state index in [-0.39, 0.29) is 23.8 Å². The minimum Gasteiger partial charge on any atom is -0.369 e. The quantitative estimate of drug-likeness (QED) is 0.187. The summed E-state index contributed by atoms with van der Waals surface area (Å²) in [5.74, 6) is 0.935. The number of hydrogen-bond acceptors (Lipinski definition) is 6. The first kappa shape index (κ1) is 27.0. The third-order valence-corrected chi connectivity index (χ3v) is 3.84. The van der Waals surface area contributed by atoms with E-state index in [4.69, 9.17) is 22.9 Å². The van der Waals surface area contributed by atoms with Crippen LogP contribution in [0.4, 0.5) is 0 Å². The van der Waals surface area contributed by atoms with Crippen molar-refractivity contribution in [2.24, 2.45) is 42.9 Å². The fraction of sp³-hybridized carbons (Fsp3) is 0.750. The van der Waals surface area contributed by atoms with E-state index < -0.39 is 0 Å². The van der Waals surface area contributed by atoms with Crippen LogP contribution in [-0.2, 0) is 0 Å². The minimum absolute atomic E-state index is 0.234. The molecule has 0 aliphatic heterocycles. The second-order valence-electron chi connectivity index (χ2n) is 5.96. The molecular weight excluding hydrogens is 388 g/mol. The largest absolute Gasteiger partial charge is 0.369 e. The van der Waals surface area contributed by atoms with Crippen molar-refractivity contribution in [1.82, 2.24) is 30.5 Å². The van der Waals surface area contributed by atoms with Crippen LogP contribution in [0.25, 0.3) is 0 Å². The van der Waals surface area contributed by atoms with Crippen molar-refractivity contribution < 1.29 is 0 Å². The predicted octanol–water partition coefficient (Wildman–Crippen LogP) is -1.77. The van der Waals surface area contributed by atoms with Gasteiger partial charge in [-0.05, 0) is 38.1 Å². The van der Waals surface area contributed by atoms with Gasteiger partial charge in [-0.15, -0.1) is 0 Å². The van der Waals surface area contributed by atoms with Crippen LogP contribution in [0.5, 0.6) is 0 Å². The zero-order chi connectivity index (χ0) is 23.4. The molecule has 0 fully saturated rings. The number of aliphatic imine (C=N–C) groups is 4. The molecule has 174 valence electrons. The Labute approximate surface area is 180 Å². The number of rotatable bonds is 9. The lowest BCUT2D eigenvalue weighted by atomic mass is 10.7. The maximum Gasteiger partial charge on any atom is 0.208 e. The molecule has 0 saturated heterocycles. The lowest BCUT2D eigenvalue weighted by Gasteiger charge is -2.50. The molecule has 0 aliphatic carbocycles. The summed E-state index contributed by atoms with van der Waals surface area (Å²) in [5, 5.41) is 9.44. The highest BCUT2D eigenvalue weighted by atomic mass is 16.2. The molecule has 0 radical (unpaired) electrons. The van der Waals surface area contributed by atoms with Crippen LogP contribution in [0.2, 0.25) is 0 Å². The SMILES string of the molecule is CCN=C(N)N(C)N(N(C)C(N)=NCC)N(N(C)C(N)=NCC)N(C)C(N)=NCC. The first-order chi connectivity index (χ1) is 14.1. The molecule has 0 aliphatic rings. The molecule has 30 heavy (non-hydrogen) atoms. The molecule has 0 amide bonds. The van der Waals surface area contributed by atoms with Crippen molar-refractivity contribution in [3.63, 3.8) is 0 Å². The number of nitrogens with two attached hydrogens (primary N) is 4. The number of hydrazine groups is 5. The molecule has 0 aromatic heterocycles. The van der Waals surface area contributed by atoms with E-state index >= 15 is 0 Å². The van der Waals surface area contributed by atoms with Gasteiger partial charge in [-0.25, -0.2) is 20.0 Å². The molecule has 0 bridgehead atoms. The van der Waals surface area contributed by atoms with Gasteiger partial charge in [0.1, 0.15) is 0 Å². The average Bonchev–Trinajstić information content (AvgIpc) is 2.70. The second kappa shape index (κ2) is 13.3. The van der Waals surface area contributed by atoms with Crippen molar-refractivity contribution in [3.8, 4) is 0 Å². The molecule has 14 heteroatoms. The molecule has 0 spiro atoms. The van der Waals surface area contributed by atoms with Crippen LogP contribution in [0, 0.1) is 0 Å². The summed E-state index contributed by atoms with van der Waals surface area (Å²) >= 11 is 0. The van der Waals surface area contributed by atoms with E-state index in [9.17, 15) is 0 Å². The van der Waals surface area contributed by atoms with Crippen molar-refractivity contribution >= 4 is 23.8 Å². The number of guanidine groups is 4. The van der Waals surface area contributed by atoms with Gasteiger partial charge >= 0.3 is 0 Å². The summed E-state index contributed by atoms with van der Waals surface area (Å²) < 4.78 is 0. The molecule has 0 saturated carbocycles. The fourth-order valence-corrected chi connectivity index (χ4v) is 2.31. The molecule has 0 atom stereocenters. The standard InChI is InChI=1S/C16H40N14/c1-9-21-13(17)25(5)29(26(6)14(18)22-10-2)30(27(7)15(19)23-11-3)28(8)16(20)24-12-4/h9-12H2,1-8H3,(H2,17,21)(H2,18,22)(H2,19,23)(H2,20,24). The van der Waals surface area contributed by atoms with Crippen LogP contribution in [0.3, 0.4) is 0 Å². The zero-order valence-corrected chi connectivity index (χ0v) is 19.6. The zero-order valence-electron chi connectivity index (χ0n) is 19.6. The van der Waals surface area contributed by atoms with Gasteiger partial charge in [0.25, 0.3) is 0 Å². The van der Waals surface area contributed by atoms with Gasteiger partial charge < -0.3 is 22.9 Å². The van der Waals surface area contributed by atoms with E-state index in [1.54, 1.807) is 58.7 Å². The molecule has 0 aromatic rings. The Bertz CT molecular complexity index is 521. The van der Waals surface area contributed by atoms with E-state index in [0.717, 1.165) is 0 Å². The first-order valence-electron chi connectivity index (χ1n) is 9.83. The molecule has 0 unspecified atom stereocenters. The molecular formula is C16H40N14. The Hall–Kier alpha value is -3.00. The van der Waals surface area contributed by atoms with Crippen LogP contribution in [-0.4, -0.2) is 109 Å². The summed E-state index contributed by atoms with van der Waals surface area (Å²) in [5.41, 5.74) is 24.8. The van der Waals surface area contributed by atoms with Gasteiger partial charge in [0, 0.05) is 54.4 Å². The van der Waals surface area contributed by atoms with Gasteiger partial charge in [-0.2, -0.15) is 0 Å². The highest BCUT2D eigenvalue weighted by Crippen LogP contribution is 2.12. The smallest absolute Gasteiger partial charge is 0.208 e. The number of nitrogens with zero attached hydrogens (tertiary/aromatic N) is 10. The molecule has 0 heterocycles. The van der Waals surface area contributed by atoms with Crippen LogP contribution in [0.1, 0.15) is 27.7 Å². The Morgan fingerprint density at radius 1 is 0.467 bits per heavy atom. The van der Waals surface area contributed by atoms with Gasteiger partial charge in [0.05, 0.1) is 0 Å². The van der Waals surface area contributed by atoms with Crippen LogP contribution in [0.15, 0.2) is 20.0 Å². The van der Waals surface area contributed by atoms with Gasteiger partial charge in [0.2, 0.25) is 23.8 Å². The minimum atomic E-state index is 0.234. The van der Waals surface area contributed by atoms with Crippen molar-refractivity contribution in [2.75, 3.05) is 54.4 Å². The normalized spacial score (nSPS) is 13.8. The lowest BCUT2D eigenvalue weighted by molar-refractivity contribution is -0.359. The van der Waals surface area contributed by atoms with Gasteiger partial charge in [0.15, 0.2) is 0 Å². The summed E-state index contributed by atoms with van der Waals surface area (Å²) in [4.78, 5) is 17.1. The van der Waals surface area contributed by atoms with Crippen molar-refractivity contribution in [3.05, 3.63) is 0 Å². The summed E-state index contributed by atoms with van der Waals surface area (Å²) in [6.45, 7) is 9.52. The van der Waals surface area contributed by atoms with E-state index in [0.29, 0.717) is 26.2 Å². The third kappa shape index (κ3) is 7.11. The highest BCUT2D eigenvalue weighted by Gasteiger charge is 2.35. The summed E-state index contributed by atoms with van der Waals surface area (Å²) in [6.07, 6.45) is 0. The Kier molecular flexibility index (Phi) is 11.9. The van der Waals surface area contributed by atoms with E-state index in [2.05, 4.69) is 20.0 Å². The monoisotopic (exact) mass is 428 g/mol. The maximum atomic E-state index is 6.19. The van der Waals surface area contributed by atoms with Crippen LogP contribution >= 0.6 is 0 Å². The molecule has 0 aromatic carbocycles.